The van der Waals surface area contributed by atoms with Gasteiger partial charge < -0.3 is 9.84 Å². The lowest BCUT2D eigenvalue weighted by atomic mass is 10.1. The van der Waals surface area contributed by atoms with Gasteiger partial charge in [0.15, 0.2) is 0 Å². The zero-order chi connectivity index (χ0) is 10.4. The number of carbonyl (C=O) groups is 1. The smallest absolute Gasteiger partial charge is 0.321 e. The molecule has 0 radical (unpaired) electrons. The minimum absolute atomic E-state index is 0.381. The minimum Gasteiger partial charge on any atom is -0.480 e. The molecule has 1 N–H and O–H groups in total. The van der Waals surface area contributed by atoms with Gasteiger partial charge >= 0.3 is 5.97 Å². The third kappa shape index (κ3) is 3.05. The van der Waals surface area contributed by atoms with Crippen LogP contribution in [0.5, 0.6) is 0 Å². The van der Waals surface area contributed by atoms with Gasteiger partial charge in [-0.05, 0) is 5.56 Å². The highest BCUT2D eigenvalue weighted by Gasteiger charge is 2.19. The third-order valence-corrected chi connectivity index (χ3v) is 2.86. The Morgan fingerprint density at radius 3 is 2.64 bits per heavy atom. The number of aliphatic carboxylic acids is 1. The lowest BCUT2D eigenvalue weighted by Gasteiger charge is -2.11. The van der Waals surface area contributed by atoms with Crippen molar-refractivity contribution >= 4 is 17.7 Å². The predicted molar refractivity (Wildman–Crippen MR) is 56.3 cm³/mol. The summed E-state index contributed by atoms with van der Waals surface area (Å²) in [5, 5.41) is 8.43. The fourth-order valence-corrected chi connectivity index (χ4v) is 1.84. The van der Waals surface area contributed by atoms with Crippen LogP contribution in [-0.2, 0) is 9.53 Å². The van der Waals surface area contributed by atoms with Gasteiger partial charge in [0, 0.05) is 7.11 Å². The third-order valence-electron chi connectivity index (χ3n) is 1.68. The van der Waals surface area contributed by atoms with E-state index in [1.165, 1.54) is 11.8 Å². The largest absolute Gasteiger partial charge is 0.480 e. The van der Waals surface area contributed by atoms with Gasteiger partial charge in [-0.2, -0.15) is 0 Å². The Kier molecular flexibility index (Phi) is 4.49. The fraction of sp³-hybridized carbons (Fsp3) is 0.300. The summed E-state index contributed by atoms with van der Waals surface area (Å²) in [6.07, 6.45) is 0. The van der Waals surface area contributed by atoms with Crippen molar-refractivity contribution in [2.75, 3.05) is 13.0 Å². The maximum absolute atomic E-state index is 10.9. The maximum atomic E-state index is 10.9. The molecule has 76 valence electrons. The Hall–Kier alpha value is -1.00. The molecule has 0 saturated heterocycles. The van der Waals surface area contributed by atoms with Gasteiger partial charge in [0.05, 0.1) is 5.94 Å². The second-order valence-corrected chi connectivity index (χ2v) is 3.74. The molecule has 1 aromatic rings. The summed E-state index contributed by atoms with van der Waals surface area (Å²) >= 11 is 1.26. The molecule has 0 aliphatic heterocycles. The first-order valence-corrected chi connectivity index (χ1v) is 5.19. The van der Waals surface area contributed by atoms with Crippen LogP contribution in [0, 0.1) is 0 Å². The van der Waals surface area contributed by atoms with Gasteiger partial charge in [0.25, 0.3) is 0 Å². The Morgan fingerprint density at radius 2 is 2.14 bits per heavy atom. The van der Waals surface area contributed by atoms with Gasteiger partial charge in [-0.25, -0.2) is 0 Å². The molecule has 0 spiro atoms. The van der Waals surface area contributed by atoms with Crippen molar-refractivity contribution in [3.8, 4) is 0 Å². The molecule has 0 aliphatic rings. The van der Waals surface area contributed by atoms with Crippen molar-refractivity contribution in [2.24, 2.45) is 0 Å². The molecular weight excluding hydrogens is 200 g/mol. The van der Waals surface area contributed by atoms with E-state index in [0.29, 0.717) is 5.94 Å². The number of thioether (sulfide) groups is 1. The summed E-state index contributed by atoms with van der Waals surface area (Å²) in [4.78, 5) is 10.9. The van der Waals surface area contributed by atoms with Crippen LogP contribution in [0.4, 0.5) is 0 Å². The number of hydrogen-bond donors (Lipinski definition) is 1. The summed E-state index contributed by atoms with van der Waals surface area (Å²) in [5.41, 5.74) is 0.794. The quantitative estimate of drug-likeness (QED) is 0.760. The number of carboxylic acid groups (broad SMARTS) is 1. The zero-order valence-corrected chi connectivity index (χ0v) is 8.66. The molecule has 0 heterocycles. The Morgan fingerprint density at radius 1 is 1.50 bits per heavy atom. The van der Waals surface area contributed by atoms with Crippen LogP contribution in [0.25, 0.3) is 0 Å². The van der Waals surface area contributed by atoms with E-state index >= 15 is 0 Å². The average Bonchev–Trinajstić information content (AvgIpc) is 2.19. The molecule has 0 bridgehead atoms. The number of rotatable bonds is 5. The molecule has 3 nitrogen and oxygen atoms in total. The van der Waals surface area contributed by atoms with Crippen molar-refractivity contribution in [3.63, 3.8) is 0 Å². The Bertz CT molecular complexity index is 287. The second-order valence-electron chi connectivity index (χ2n) is 2.70. The topological polar surface area (TPSA) is 46.5 Å². The Balaban J connectivity index is 2.73. The molecule has 0 fully saturated rings. The van der Waals surface area contributed by atoms with Crippen LogP contribution in [0.15, 0.2) is 30.3 Å². The summed E-state index contributed by atoms with van der Waals surface area (Å²) in [6.45, 7) is 0. The van der Waals surface area contributed by atoms with Crippen molar-refractivity contribution < 1.29 is 14.6 Å². The normalized spacial score (nSPS) is 12.4. The molecule has 0 amide bonds. The van der Waals surface area contributed by atoms with E-state index in [1.54, 1.807) is 19.2 Å². The maximum Gasteiger partial charge on any atom is 0.321 e. The van der Waals surface area contributed by atoms with Gasteiger partial charge in [0.2, 0.25) is 0 Å². The first-order valence-electron chi connectivity index (χ1n) is 4.14. The molecule has 1 atom stereocenters. The van der Waals surface area contributed by atoms with Crippen LogP contribution in [0.2, 0.25) is 0 Å². The van der Waals surface area contributed by atoms with E-state index in [1.807, 2.05) is 18.2 Å². The van der Waals surface area contributed by atoms with Crippen LogP contribution >= 0.6 is 11.8 Å². The molecule has 0 aromatic heterocycles. The van der Waals surface area contributed by atoms with Crippen molar-refractivity contribution in [1.29, 1.82) is 0 Å². The molecule has 0 saturated carbocycles. The van der Waals surface area contributed by atoms with Crippen LogP contribution in [0.3, 0.4) is 0 Å². The average molecular weight is 212 g/mol. The monoisotopic (exact) mass is 212 g/mol. The SMILES string of the molecule is COCSC(C(=O)O)c1ccccc1. The van der Waals surface area contributed by atoms with Gasteiger partial charge in [-0.3, -0.25) is 4.79 Å². The zero-order valence-electron chi connectivity index (χ0n) is 7.84. The Labute approximate surface area is 87.1 Å². The molecule has 4 heteroatoms. The van der Waals surface area contributed by atoms with Crippen molar-refractivity contribution in [1.82, 2.24) is 0 Å². The molecule has 0 aliphatic carbocycles. The lowest BCUT2D eigenvalue weighted by molar-refractivity contribution is -0.136. The summed E-state index contributed by atoms with van der Waals surface area (Å²) in [7, 11) is 1.55. The minimum atomic E-state index is -0.835. The fourth-order valence-electron chi connectivity index (χ4n) is 1.07. The number of benzene rings is 1. The second kappa shape index (κ2) is 5.67. The number of ether oxygens (including phenoxy) is 1. The summed E-state index contributed by atoms with van der Waals surface area (Å²) in [6, 6.07) is 9.14. The van der Waals surface area contributed by atoms with Gasteiger partial charge in [0.1, 0.15) is 5.25 Å². The first kappa shape index (κ1) is 11.1. The predicted octanol–water partition coefficient (Wildman–Crippen LogP) is 2.15. The van der Waals surface area contributed by atoms with Gasteiger partial charge in [-0.1, -0.05) is 30.3 Å². The summed E-state index contributed by atoms with van der Waals surface area (Å²) in [5.74, 6) is -0.454. The van der Waals surface area contributed by atoms with Crippen molar-refractivity contribution in [2.45, 2.75) is 5.25 Å². The van der Waals surface area contributed by atoms with E-state index < -0.39 is 11.2 Å². The van der Waals surface area contributed by atoms with Crippen molar-refractivity contribution in [3.05, 3.63) is 35.9 Å². The summed E-state index contributed by atoms with van der Waals surface area (Å²) < 4.78 is 4.84. The number of hydrogen-bond acceptors (Lipinski definition) is 3. The van der Waals surface area contributed by atoms with Crippen LogP contribution in [0.1, 0.15) is 10.8 Å². The number of carboxylic acids is 1. The highest BCUT2D eigenvalue weighted by atomic mass is 32.2. The first-order chi connectivity index (χ1) is 6.75. The van der Waals surface area contributed by atoms with Crippen LogP contribution in [-0.4, -0.2) is 24.1 Å². The van der Waals surface area contributed by atoms with E-state index in [0.717, 1.165) is 5.56 Å². The van der Waals surface area contributed by atoms with Gasteiger partial charge in [-0.15, -0.1) is 11.8 Å². The van der Waals surface area contributed by atoms with E-state index in [9.17, 15) is 4.79 Å². The van der Waals surface area contributed by atoms with E-state index in [2.05, 4.69) is 0 Å². The van der Waals surface area contributed by atoms with Crippen LogP contribution < -0.4 is 0 Å². The standard InChI is InChI=1S/C10H12O3S/c1-13-7-14-9(10(11)12)8-5-3-2-4-6-8/h2-6,9H,7H2,1H3,(H,11,12). The highest BCUT2D eigenvalue weighted by molar-refractivity contribution is 8.00. The van der Waals surface area contributed by atoms with E-state index in [-0.39, 0.29) is 0 Å². The number of methoxy groups -OCH3 is 1. The molecule has 14 heavy (non-hydrogen) atoms. The molecule has 1 rings (SSSR count). The molecular formula is C10H12O3S. The molecule has 1 unspecified atom stereocenters. The highest BCUT2D eigenvalue weighted by Crippen LogP contribution is 2.28. The van der Waals surface area contributed by atoms with E-state index in [4.69, 9.17) is 9.84 Å². The lowest BCUT2D eigenvalue weighted by Crippen LogP contribution is -2.08. The molecule has 1 aromatic carbocycles.